The van der Waals surface area contributed by atoms with Crippen molar-refractivity contribution in [2.45, 2.75) is 45.6 Å². The highest BCUT2D eigenvalue weighted by Crippen LogP contribution is 2.31. The lowest BCUT2D eigenvalue weighted by atomic mass is 9.81. The molecule has 0 amide bonds. The van der Waals surface area contributed by atoms with Gasteiger partial charge in [-0.3, -0.25) is 4.57 Å². The van der Waals surface area contributed by atoms with Gasteiger partial charge in [-0.25, -0.2) is 9.97 Å². The van der Waals surface area contributed by atoms with Gasteiger partial charge in [0.1, 0.15) is 5.52 Å². The molecule has 2 aromatic heterocycles. The van der Waals surface area contributed by atoms with E-state index in [1.807, 2.05) is 18.3 Å². The Morgan fingerprint density at radius 3 is 3.16 bits per heavy atom. The SMILES string of the molecule is CC1CCCC(CCn2c(N)nc3cccnc32)C1. The number of aryl methyl sites for hydroxylation is 1. The highest BCUT2D eigenvalue weighted by atomic mass is 15.2. The number of hydrogen-bond acceptors (Lipinski definition) is 3. The average Bonchev–Trinajstić information content (AvgIpc) is 2.72. The lowest BCUT2D eigenvalue weighted by molar-refractivity contribution is 0.262. The molecule has 0 bridgehead atoms. The molecule has 1 fully saturated rings. The molecule has 1 aliphatic rings. The van der Waals surface area contributed by atoms with Gasteiger partial charge in [0.25, 0.3) is 0 Å². The maximum atomic E-state index is 6.01. The molecule has 1 saturated carbocycles. The topological polar surface area (TPSA) is 56.7 Å². The van der Waals surface area contributed by atoms with Gasteiger partial charge in [-0.2, -0.15) is 0 Å². The Morgan fingerprint density at radius 2 is 2.32 bits per heavy atom. The second-order valence-corrected chi connectivity index (χ2v) is 5.89. The number of anilines is 1. The van der Waals surface area contributed by atoms with Crippen LogP contribution in [0.4, 0.5) is 5.95 Å². The maximum absolute atomic E-state index is 6.01. The molecule has 3 rings (SSSR count). The molecule has 1 aliphatic carbocycles. The van der Waals surface area contributed by atoms with E-state index in [0.29, 0.717) is 5.95 Å². The van der Waals surface area contributed by atoms with Crippen LogP contribution in [0.2, 0.25) is 0 Å². The zero-order valence-electron chi connectivity index (χ0n) is 11.5. The van der Waals surface area contributed by atoms with E-state index in [-0.39, 0.29) is 0 Å². The highest BCUT2D eigenvalue weighted by molar-refractivity contribution is 5.73. The number of hydrogen-bond donors (Lipinski definition) is 1. The molecule has 102 valence electrons. The van der Waals surface area contributed by atoms with Crippen LogP contribution >= 0.6 is 0 Å². The van der Waals surface area contributed by atoms with Crippen molar-refractivity contribution in [1.29, 1.82) is 0 Å². The van der Waals surface area contributed by atoms with Crippen molar-refractivity contribution in [1.82, 2.24) is 14.5 Å². The zero-order valence-corrected chi connectivity index (χ0v) is 11.5. The first-order valence-corrected chi connectivity index (χ1v) is 7.31. The van der Waals surface area contributed by atoms with Crippen LogP contribution in [0.5, 0.6) is 0 Å². The van der Waals surface area contributed by atoms with Crippen molar-refractivity contribution >= 4 is 17.1 Å². The van der Waals surface area contributed by atoms with Crippen molar-refractivity contribution in [2.24, 2.45) is 11.8 Å². The van der Waals surface area contributed by atoms with Crippen LogP contribution in [0, 0.1) is 11.8 Å². The van der Waals surface area contributed by atoms with Crippen LogP contribution in [-0.4, -0.2) is 14.5 Å². The zero-order chi connectivity index (χ0) is 13.2. The summed E-state index contributed by atoms with van der Waals surface area (Å²) in [6, 6.07) is 3.87. The van der Waals surface area contributed by atoms with E-state index in [4.69, 9.17) is 5.73 Å². The van der Waals surface area contributed by atoms with Gasteiger partial charge in [0.15, 0.2) is 5.65 Å². The molecule has 4 heteroatoms. The van der Waals surface area contributed by atoms with Crippen LogP contribution in [0.25, 0.3) is 11.2 Å². The fourth-order valence-corrected chi connectivity index (χ4v) is 3.33. The van der Waals surface area contributed by atoms with E-state index in [9.17, 15) is 0 Å². The Kier molecular flexibility index (Phi) is 3.40. The first-order valence-electron chi connectivity index (χ1n) is 7.31. The number of pyridine rings is 1. The van der Waals surface area contributed by atoms with Crippen molar-refractivity contribution in [3.05, 3.63) is 18.3 Å². The van der Waals surface area contributed by atoms with Gasteiger partial charge in [-0.1, -0.05) is 26.2 Å². The summed E-state index contributed by atoms with van der Waals surface area (Å²) in [5, 5.41) is 0. The van der Waals surface area contributed by atoms with Gasteiger partial charge in [0.05, 0.1) is 0 Å². The second kappa shape index (κ2) is 5.19. The van der Waals surface area contributed by atoms with Crippen LogP contribution in [0.1, 0.15) is 39.0 Å². The first kappa shape index (κ1) is 12.5. The predicted molar refractivity (Wildman–Crippen MR) is 77.7 cm³/mol. The van der Waals surface area contributed by atoms with E-state index in [1.54, 1.807) is 0 Å². The summed E-state index contributed by atoms with van der Waals surface area (Å²) < 4.78 is 2.06. The van der Waals surface area contributed by atoms with Crippen LogP contribution in [0.3, 0.4) is 0 Å². The van der Waals surface area contributed by atoms with Crippen LogP contribution in [-0.2, 0) is 6.54 Å². The minimum Gasteiger partial charge on any atom is -0.369 e. The minimum absolute atomic E-state index is 0.595. The van der Waals surface area contributed by atoms with Crippen LogP contribution in [0.15, 0.2) is 18.3 Å². The number of nitrogens with two attached hydrogens (primary N) is 1. The summed E-state index contributed by atoms with van der Waals surface area (Å²) in [6.45, 7) is 3.31. The summed E-state index contributed by atoms with van der Waals surface area (Å²) >= 11 is 0. The van der Waals surface area contributed by atoms with E-state index in [1.165, 1.54) is 32.1 Å². The molecule has 2 heterocycles. The summed E-state index contributed by atoms with van der Waals surface area (Å²) in [7, 11) is 0. The molecule has 0 spiro atoms. The maximum Gasteiger partial charge on any atom is 0.202 e. The molecule has 0 saturated heterocycles. The van der Waals surface area contributed by atoms with E-state index in [2.05, 4.69) is 21.5 Å². The molecule has 19 heavy (non-hydrogen) atoms. The van der Waals surface area contributed by atoms with Gasteiger partial charge < -0.3 is 5.73 Å². The van der Waals surface area contributed by atoms with Gasteiger partial charge >= 0.3 is 0 Å². The fourth-order valence-electron chi connectivity index (χ4n) is 3.33. The smallest absolute Gasteiger partial charge is 0.202 e. The van der Waals surface area contributed by atoms with Gasteiger partial charge in [0.2, 0.25) is 5.95 Å². The summed E-state index contributed by atoms with van der Waals surface area (Å²) in [6.07, 6.45) is 8.50. The van der Waals surface area contributed by atoms with Gasteiger partial charge in [-0.05, 0) is 36.8 Å². The highest BCUT2D eigenvalue weighted by Gasteiger charge is 2.19. The molecule has 0 radical (unpaired) electrons. The normalized spacial score (nSPS) is 23.8. The Bertz CT molecular complexity index is 560. The monoisotopic (exact) mass is 258 g/mol. The number of nitrogens with zero attached hydrogens (tertiary/aromatic N) is 3. The quantitative estimate of drug-likeness (QED) is 0.919. The van der Waals surface area contributed by atoms with E-state index < -0.39 is 0 Å². The summed E-state index contributed by atoms with van der Waals surface area (Å²) in [5.74, 6) is 2.32. The molecule has 2 atom stereocenters. The predicted octanol–water partition coefficient (Wildman–Crippen LogP) is 3.23. The third kappa shape index (κ3) is 2.57. The van der Waals surface area contributed by atoms with Crippen molar-refractivity contribution in [3.63, 3.8) is 0 Å². The van der Waals surface area contributed by atoms with E-state index in [0.717, 1.165) is 29.5 Å². The number of aromatic nitrogens is 3. The lowest BCUT2D eigenvalue weighted by Gasteiger charge is -2.26. The van der Waals surface area contributed by atoms with Gasteiger partial charge in [0, 0.05) is 12.7 Å². The van der Waals surface area contributed by atoms with Crippen molar-refractivity contribution < 1.29 is 0 Å². The molecule has 2 N–H and O–H groups in total. The largest absolute Gasteiger partial charge is 0.369 e. The average molecular weight is 258 g/mol. The standard InChI is InChI=1S/C15H22N4/c1-11-4-2-5-12(10-11)7-9-19-14-13(18-15(19)16)6-3-8-17-14/h3,6,8,11-12H,2,4-5,7,9-10H2,1H3,(H2,16,18). The lowest BCUT2D eigenvalue weighted by Crippen LogP contribution is -2.16. The number of rotatable bonds is 3. The molecule has 2 unspecified atom stereocenters. The van der Waals surface area contributed by atoms with Crippen molar-refractivity contribution in [2.75, 3.05) is 5.73 Å². The van der Waals surface area contributed by atoms with Crippen LogP contribution < -0.4 is 5.73 Å². The third-order valence-electron chi connectivity index (χ3n) is 4.34. The minimum atomic E-state index is 0.595. The number of imidazole rings is 1. The molecular formula is C15H22N4. The second-order valence-electron chi connectivity index (χ2n) is 5.89. The number of nitrogen functional groups attached to an aromatic ring is 1. The molecule has 4 nitrogen and oxygen atoms in total. The Balaban J connectivity index is 1.73. The number of fused-ring (bicyclic) bond motifs is 1. The van der Waals surface area contributed by atoms with Gasteiger partial charge in [-0.15, -0.1) is 0 Å². The molecule has 0 aliphatic heterocycles. The first-order chi connectivity index (χ1) is 9.24. The third-order valence-corrected chi connectivity index (χ3v) is 4.34. The van der Waals surface area contributed by atoms with E-state index >= 15 is 0 Å². The Morgan fingerprint density at radius 1 is 1.42 bits per heavy atom. The molecule has 2 aromatic rings. The summed E-state index contributed by atoms with van der Waals surface area (Å²) in [5.41, 5.74) is 7.83. The fraction of sp³-hybridized carbons (Fsp3) is 0.600. The molecular weight excluding hydrogens is 236 g/mol. The molecule has 0 aromatic carbocycles. The van der Waals surface area contributed by atoms with Crippen molar-refractivity contribution in [3.8, 4) is 0 Å². The summed E-state index contributed by atoms with van der Waals surface area (Å²) in [4.78, 5) is 8.77. The Labute approximate surface area is 114 Å². The Hall–Kier alpha value is -1.58.